The van der Waals surface area contributed by atoms with Crippen LogP contribution in [0.1, 0.15) is 24.8 Å². The van der Waals surface area contributed by atoms with Gasteiger partial charge in [-0.15, -0.1) is 10.2 Å². The molecule has 2 rings (SSSR count). The number of rotatable bonds is 5. The van der Waals surface area contributed by atoms with Crippen molar-refractivity contribution < 1.29 is 4.79 Å². The molecule has 1 aromatic rings. The lowest BCUT2D eigenvalue weighted by Crippen LogP contribution is -2.38. The lowest BCUT2D eigenvalue weighted by Gasteiger charge is -2.29. The Bertz CT molecular complexity index is 400. The van der Waals surface area contributed by atoms with E-state index < -0.39 is 0 Å². The van der Waals surface area contributed by atoms with Crippen molar-refractivity contribution in [3.05, 3.63) is 5.01 Å². The highest BCUT2D eigenvalue weighted by Crippen LogP contribution is 2.21. The molecule has 2 heterocycles. The van der Waals surface area contributed by atoms with Gasteiger partial charge < -0.3 is 11.1 Å². The number of anilines is 1. The minimum atomic E-state index is -0.167. The number of primary amides is 1. The number of nitrogens with two attached hydrogens (primary N) is 1. The number of aromatic nitrogens is 2. The van der Waals surface area contributed by atoms with Crippen molar-refractivity contribution in [3.8, 4) is 0 Å². The zero-order chi connectivity index (χ0) is 13.0. The molecule has 1 aliphatic heterocycles. The summed E-state index contributed by atoms with van der Waals surface area (Å²) in [5.74, 6) is -0.118. The van der Waals surface area contributed by atoms with E-state index in [-0.39, 0.29) is 11.8 Å². The fourth-order valence-electron chi connectivity index (χ4n) is 2.11. The van der Waals surface area contributed by atoms with Crippen molar-refractivity contribution in [1.29, 1.82) is 0 Å². The van der Waals surface area contributed by atoms with Crippen molar-refractivity contribution in [2.75, 3.05) is 25.0 Å². The third-order valence-electron chi connectivity index (χ3n) is 3.14. The summed E-state index contributed by atoms with van der Waals surface area (Å²) >= 11 is 1.59. The Labute approximate surface area is 111 Å². The molecule has 0 aromatic carbocycles. The van der Waals surface area contributed by atoms with Crippen LogP contribution in [0.2, 0.25) is 0 Å². The lowest BCUT2D eigenvalue weighted by molar-refractivity contribution is -0.123. The van der Waals surface area contributed by atoms with Gasteiger partial charge in [-0.25, -0.2) is 0 Å². The largest absolute Gasteiger partial charge is 0.369 e. The molecule has 0 unspecified atom stereocenters. The van der Waals surface area contributed by atoms with Crippen LogP contribution in [0.5, 0.6) is 0 Å². The Morgan fingerprint density at radius 2 is 2.22 bits per heavy atom. The number of hydrogen-bond donors (Lipinski definition) is 2. The van der Waals surface area contributed by atoms with Gasteiger partial charge in [-0.3, -0.25) is 9.69 Å². The molecule has 3 N–H and O–H groups in total. The maximum absolute atomic E-state index is 11.1. The van der Waals surface area contributed by atoms with Crippen molar-refractivity contribution in [2.45, 2.75) is 26.3 Å². The fourth-order valence-corrected chi connectivity index (χ4v) is 2.96. The molecule has 100 valence electrons. The number of likely N-dealkylation sites (tertiary alicyclic amines) is 1. The molecule has 0 saturated carbocycles. The predicted octanol–water partition coefficient (Wildman–Crippen LogP) is 0.667. The van der Waals surface area contributed by atoms with Crippen LogP contribution in [0.4, 0.5) is 5.13 Å². The second-order valence-electron chi connectivity index (χ2n) is 4.48. The second-order valence-corrected chi connectivity index (χ2v) is 5.55. The van der Waals surface area contributed by atoms with Gasteiger partial charge >= 0.3 is 0 Å². The lowest BCUT2D eigenvalue weighted by atomic mass is 9.96. The zero-order valence-corrected chi connectivity index (χ0v) is 11.4. The quantitative estimate of drug-likeness (QED) is 0.820. The van der Waals surface area contributed by atoms with E-state index in [0.717, 1.165) is 49.2 Å². The van der Waals surface area contributed by atoms with Gasteiger partial charge in [0.2, 0.25) is 11.0 Å². The summed E-state index contributed by atoms with van der Waals surface area (Å²) in [6.07, 6.45) is 1.71. The average molecular weight is 269 g/mol. The van der Waals surface area contributed by atoms with E-state index in [4.69, 9.17) is 5.73 Å². The number of carbonyl (C=O) groups is 1. The second kappa shape index (κ2) is 6.10. The molecular weight excluding hydrogens is 250 g/mol. The van der Waals surface area contributed by atoms with Crippen LogP contribution in [0.25, 0.3) is 0 Å². The van der Waals surface area contributed by atoms with Crippen LogP contribution in [0.3, 0.4) is 0 Å². The van der Waals surface area contributed by atoms with Crippen molar-refractivity contribution in [1.82, 2.24) is 15.1 Å². The van der Waals surface area contributed by atoms with Gasteiger partial charge in [0.1, 0.15) is 5.01 Å². The van der Waals surface area contributed by atoms with Crippen molar-refractivity contribution in [3.63, 3.8) is 0 Å². The summed E-state index contributed by atoms with van der Waals surface area (Å²) in [5, 5.41) is 13.3. The molecule has 1 aliphatic rings. The van der Waals surface area contributed by atoms with Crippen LogP contribution >= 0.6 is 11.3 Å². The van der Waals surface area contributed by atoms with Crippen LogP contribution < -0.4 is 11.1 Å². The van der Waals surface area contributed by atoms with Gasteiger partial charge in [-0.05, 0) is 32.9 Å². The number of amides is 1. The standard InChI is InChI=1S/C11H19N5OS/c1-2-13-11-15-14-9(18-11)7-16-5-3-8(4-6-16)10(12)17/h8H,2-7H2,1H3,(H2,12,17)(H,13,15). The van der Waals surface area contributed by atoms with Gasteiger partial charge in [0.05, 0.1) is 6.54 Å². The Hall–Kier alpha value is -1.21. The first-order valence-electron chi connectivity index (χ1n) is 6.27. The molecule has 1 amide bonds. The molecule has 1 fully saturated rings. The number of hydrogen-bond acceptors (Lipinski definition) is 6. The van der Waals surface area contributed by atoms with E-state index in [1.807, 2.05) is 6.92 Å². The van der Waals surface area contributed by atoms with E-state index >= 15 is 0 Å². The molecule has 6 nitrogen and oxygen atoms in total. The molecule has 0 aliphatic carbocycles. The van der Waals surface area contributed by atoms with Crippen LogP contribution in [0.15, 0.2) is 0 Å². The smallest absolute Gasteiger partial charge is 0.220 e. The highest BCUT2D eigenvalue weighted by Gasteiger charge is 2.23. The summed E-state index contributed by atoms with van der Waals surface area (Å²) in [7, 11) is 0. The van der Waals surface area contributed by atoms with E-state index in [1.54, 1.807) is 11.3 Å². The molecule has 0 atom stereocenters. The van der Waals surface area contributed by atoms with Crippen LogP contribution in [-0.2, 0) is 11.3 Å². The van der Waals surface area contributed by atoms with Crippen molar-refractivity contribution in [2.24, 2.45) is 11.7 Å². The van der Waals surface area contributed by atoms with Crippen molar-refractivity contribution >= 4 is 22.4 Å². The molecule has 18 heavy (non-hydrogen) atoms. The highest BCUT2D eigenvalue weighted by molar-refractivity contribution is 7.15. The normalized spacial score (nSPS) is 17.8. The number of carbonyl (C=O) groups excluding carboxylic acids is 1. The number of piperidine rings is 1. The predicted molar refractivity (Wildman–Crippen MR) is 71.3 cm³/mol. The summed E-state index contributed by atoms with van der Waals surface area (Å²) in [6.45, 7) is 5.52. The third kappa shape index (κ3) is 3.39. The van der Waals surface area contributed by atoms with Gasteiger partial charge in [0.15, 0.2) is 0 Å². The van der Waals surface area contributed by atoms with E-state index in [2.05, 4.69) is 20.4 Å². The molecule has 1 saturated heterocycles. The van der Waals surface area contributed by atoms with Gasteiger partial charge in [-0.2, -0.15) is 0 Å². The summed E-state index contributed by atoms with van der Waals surface area (Å²) in [5.41, 5.74) is 5.32. The number of nitrogens with one attached hydrogen (secondary N) is 1. The van der Waals surface area contributed by atoms with Crippen LogP contribution in [0, 0.1) is 5.92 Å². The van der Waals surface area contributed by atoms with Gasteiger partial charge in [0.25, 0.3) is 0 Å². The van der Waals surface area contributed by atoms with Gasteiger partial charge in [-0.1, -0.05) is 11.3 Å². The minimum absolute atomic E-state index is 0.0491. The summed E-state index contributed by atoms with van der Waals surface area (Å²) in [4.78, 5) is 13.4. The van der Waals surface area contributed by atoms with E-state index in [1.165, 1.54) is 0 Å². The van der Waals surface area contributed by atoms with Crippen LogP contribution in [-0.4, -0.2) is 40.6 Å². The maximum Gasteiger partial charge on any atom is 0.220 e. The molecular formula is C11H19N5OS. The third-order valence-corrected chi connectivity index (χ3v) is 4.01. The monoisotopic (exact) mass is 269 g/mol. The Morgan fingerprint density at radius 1 is 1.50 bits per heavy atom. The highest BCUT2D eigenvalue weighted by atomic mass is 32.1. The first kappa shape index (κ1) is 13.2. The molecule has 7 heteroatoms. The molecule has 0 bridgehead atoms. The fraction of sp³-hybridized carbons (Fsp3) is 0.727. The van der Waals surface area contributed by atoms with E-state index in [0.29, 0.717) is 0 Å². The Morgan fingerprint density at radius 3 is 2.83 bits per heavy atom. The SMILES string of the molecule is CCNc1nnc(CN2CCC(C(N)=O)CC2)s1. The molecule has 0 spiro atoms. The summed E-state index contributed by atoms with van der Waals surface area (Å²) < 4.78 is 0. The minimum Gasteiger partial charge on any atom is -0.369 e. The Kier molecular flexibility index (Phi) is 4.48. The summed E-state index contributed by atoms with van der Waals surface area (Å²) in [6, 6.07) is 0. The molecule has 1 aromatic heterocycles. The van der Waals surface area contributed by atoms with E-state index in [9.17, 15) is 4.79 Å². The number of nitrogens with zero attached hydrogens (tertiary/aromatic N) is 3. The van der Waals surface area contributed by atoms with Gasteiger partial charge in [0, 0.05) is 12.5 Å². The first-order valence-corrected chi connectivity index (χ1v) is 7.08. The zero-order valence-electron chi connectivity index (χ0n) is 10.6. The maximum atomic E-state index is 11.1. The topological polar surface area (TPSA) is 84.1 Å². The molecule has 0 radical (unpaired) electrons. The average Bonchev–Trinajstić information content (AvgIpc) is 2.78. The Balaban J connectivity index is 1.81. The first-order chi connectivity index (χ1) is 8.69.